The first-order valence-corrected chi connectivity index (χ1v) is 7.88. The first-order chi connectivity index (χ1) is 9.06. The van der Waals surface area contributed by atoms with E-state index in [0.717, 1.165) is 21.3 Å². The molecule has 2 heterocycles. The summed E-state index contributed by atoms with van der Waals surface area (Å²) in [6.45, 7) is 8.64. The van der Waals surface area contributed by atoms with Gasteiger partial charge in [-0.1, -0.05) is 11.8 Å². The summed E-state index contributed by atoms with van der Waals surface area (Å²) in [5, 5.41) is 9.68. The van der Waals surface area contributed by atoms with E-state index in [2.05, 4.69) is 15.2 Å². The van der Waals surface area contributed by atoms with Crippen LogP contribution in [0.3, 0.4) is 0 Å². The van der Waals surface area contributed by atoms with Crippen LogP contribution >= 0.6 is 23.1 Å². The highest BCUT2D eigenvalue weighted by atomic mass is 32.2. The van der Waals surface area contributed by atoms with Crippen molar-refractivity contribution in [3.8, 4) is 10.8 Å². The van der Waals surface area contributed by atoms with E-state index in [1.54, 1.807) is 11.3 Å². The Morgan fingerprint density at radius 1 is 1.32 bits per heavy atom. The molecule has 0 atom stereocenters. The van der Waals surface area contributed by atoms with Gasteiger partial charge in [0.05, 0.1) is 23.4 Å². The Balaban J connectivity index is 1.94. The van der Waals surface area contributed by atoms with Crippen LogP contribution in [-0.2, 0) is 4.74 Å². The van der Waals surface area contributed by atoms with Crippen molar-refractivity contribution in [2.45, 2.75) is 39.0 Å². The van der Waals surface area contributed by atoms with Gasteiger partial charge in [0.1, 0.15) is 4.88 Å². The molecule has 5 nitrogen and oxygen atoms in total. The Morgan fingerprint density at radius 2 is 2.11 bits per heavy atom. The molecule has 0 radical (unpaired) electrons. The Kier molecular flexibility index (Phi) is 4.95. The zero-order valence-corrected chi connectivity index (χ0v) is 13.1. The molecule has 104 valence electrons. The summed E-state index contributed by atoms with van der Waals surface area (Å²) in [4.78, 5) is 5.31. The number of ether oxygens (including phenoxy) is 1. The average Bonchev–Trinajstić information content (AvgIpc) is 2.91. The molecule has 2 aromatic rings. The molecule has 0 saturated heterocycles. The van der Waals surface area contributed by atoms with Crippen molar-refractivity contribution in [3.05, 3.63) is 10.7 Å². The smallest absolute Gasteiger partial charge is 0.276 e. The monoisotopic (exact) mass is 299 g/mol. The van der Waals surface area contributed by atoms with E-state index >= 15 is 0 Å². The van der Waals surface area contributed by atoms with Crippen molar-refractivity contribution in [1.82, 2.24) is 15.2 Å². The lowest BCUT2D eigenvalue weighted by Gasteiger charge is -2.04. The molecule has 7 heteroatoms. The fourth-order valence-electron chi connectivity index (χ4n) is 1.50. The van der Waals surface area contributed by atoms with Crippen molar-refractivity contribution < 1.29 is 9.15 Å². The quantitative estimate of drug-likeness (QED) is 0.602. The molecular formula is C12H17N3O2S2. The third-order valence-electron chi connectivity index (χ3n) is 2.26. The third-order valence-corrected chi connectivity index (χ3v) is 4.11. The van der Waals surface area contributed by atoms with E-state index in [9.17, 15) is 0 Å². The fraction of sp³-hybridized carbons (Fsp3) is 0.583. The minimum atomic E-state index is 0.252. The second-order valence-corrected chi connectivity index (χ2v) is 6.54. The fourth-order valence-corrected chi connectivity index (χ4v) is 2.93. The summed E-state index contributed by atoms with van der Waals surface area (Å²) in [5.41, 5.74) is 0.936. The zero-order chi connectivity index (χ0) is 13.8. The first-order valence-electron chi connectivity index (χ1n) is 6.08. The minimum absolute atomic E-state index is 0.252. The lowest BCUT2D eigenvalue weighted by atomic mass is 10.4. The van der Waals surface area contributed by atoms with Gasteiger partial charge in [-0.2, -0.15) is 0 Å². The van der Waals surface area contributed by atoms with Crippen molar-refractivity contribution in [2.75, 3.05) is 12.4 Å². The molecule has 0 aliphatic heterocycles. The van der Waals surface area contributed by atoms with Crippen LogP contribution in [0.1, 0.15) is 24.5 Å². The van der Waals surface area contributed by atoms with Gasteiger partial charge in [0.2, 0.25) is 0 Å². The molecule has 0 N–H and O–H groups in total. The number of aryl methyl sites for hydroxylation is 2. The van der Waals surface area contributed by atoms with Crippen molar-refractivity contribution in [1.29, 1.82) is 0 Å². The Bertz CT molecular complexity index is 537. The van der Waals surface area contributed by atoms with Crippen molar-refractivity contribution in [2.24, 2.45) is 0 Å². The van der Waals surface area contributed by atoms with E-state index in [0.29, 0.717) is 17.7 Å². The van der Waals surface area contributed by atoms with E-state index in [1.165, 1.54) is 11.8 Å². The van der Waals surface area contributed by atoms with E-state index in [-0.39, 0.29) is 6.10 Å². The highest BCUT2D eigenvalue weighted by Crippen LogP contribution is 2.30. The summed E-state index contributed by atoms with van der Waals surface area (Å²) in [7, 11) is 0. The van der Waals surface area contributed by atoms with Crippen LogP contribution in [-0.4, -0.2) is 33.6 Å². The van der Waals surface area contributed by atoms with Gasteiger partial charge in [-0.05, 0) is 27.7 Å². The number of nitrogens with zero attached hydrogens (tertiary/aromatic N) is 3. The van der Waals surface area contributed by atoms with E-state index in [4.69, 9.17) is 9.15 Å². The minimum Gasteiger partial charge on any atom is -0.410 e. The molecule has 0 amide bonds. The lowest BCUT2D eigenvalue weighted by molar-refractivity contribution is 0.0919. The van der Waals surface area contributed by atoms with Gasteiger partial charge < -0.3 is 9.15 Å². The Morgan fingerprint density at radius 3 is 2.74 bits per heavy atom. The molecular weight excluding hydrogens is 282 g/mol. The maximum absolute atomic E-state index is 5.63. The predicted octanol–water partition coefficient (Wildman–Crippen LogP) is 3.33. The average molecular weight is 299 g/mol. The predicted molar refractivity (Wildman–Crippen MR) is 76.7 cm³/mol. The molecule has 0 aliphatic carbocycles. The molecule has 2 rings (SSSR count). The van der Waals surface area contributed by atoms with E-state index < -0.39 is 0 Å². The largest absolute Gasteiger partial charge is 0.410 e. The SMILES string of the molecule is Cc1nc(C)c(-c2nnc(SCCOC(C)C)o2)s1. The topological polar surface area (TPSA) is 61.0 Å². The molecule has 2 aromatic heterocycles. The van der Waals surface area contributed by atoms with Gasteiger partial charge in [0, 0.05) is 5.75 Å². The molecule has 0 saturated carbocycles. The van der Waals surface area contributed by atoms with Gasteiger partial charge in [0.15, 0.2) is 0 Å². The van der Waals surface area contributed by atoms with Crippen molar-refractivity contribution in [3.63, 3.8) is 0 Å². The Hall–Kier alpha value is -0.920. The molecule has 0 bridgehead atoms. The molecule has 0 aliphatic rings. The van der Waals surface area contributed by atoms with Crippen molar-refractivity contribution >= 4 is 23.1 Å². The van der Waals surface area contributed by atoms with Crippen LogP contribution in [0.5, 0.6) is 0 Å². The highest BCUT2D eigenvalue weighted by Gasteiger charge is 2.14. The number of aromatic nitrogens is 3. The zero-order valence-electron chi connectivity index (χ0n) is 11.5. The normalized spacial score (nSPS) is 11.4. The molecule has 0 fully saturated rings. The number of thioether (sulfide) groups is 1. The van der Waals surface area contributed by atoms with E-state index in [1.807, 2.05) is 27.7 Å². The van der Waals surface area contributed by atoms with Crippen LogP contribution in [0.15, 0.2) is 9.64 Å². The maximum Gasteiger partial charge on any atom is 0.276 e. The molecule has 0 unspecified atom stereocenters. The lowest BCUT2D eigenvalue weighted by Crippen LogP contribution is -2.05. The van der Waals surface area contributed by atoms with Crippen LogP contribution < -0.4 is 0 Å². The first kappa shape index (κ1) is 14.5. The van der Waals surface area contributed by atoms with Crippen LogP contribution in [0.25, 0.3) is 10.8 Å². The standard InChI is InChI=1S/C12H17N3O2S2/c1-7(2)16-5-6-18-12-15-14-11(17-12)10-8(3)13-9(4)19-10/h7H,5-6H2,1-4H3. The number of thiazole rings is 1. The number of hydrogen-bond donors (Lipinski definition) is 0. The molecule has 0 aromatic carbocycles. The summed E-state index contributed by atoms with van der Waals surface area (Å²) in [6, 6.07) is 0. The summed E-state index contributed by atoms with van der Waals surface area (Å²) < 4.78 is 11.1. The Labute approximate surface area is 120 Å². The second kappa shape index (κ2) is 6.49. The van der Waals surface area contributed by atoms with Gasteiger partial charge in [-0.3, -0.25) is 0 Å². The summed E-state index contributed by atoms with van der Waals surface area (Å²) in [5.74, 6) is 1.36. The summed E-state index contributed by atoms with van der Waals surface area (Å²) in [6.07, 6.45) is 0.252. The van der Waals surface area contributed by atoms with Crippen LogP contribution in [0, 0.1) is 13.8 Å². The second-order valence-electron chi connectivity index (χ2n) is 4.29. The van der Waals surface area contributed by atoms with Gasteiger partial charge in [-0.25, -0.2) is 4.98 Å². The van der Waals surface area contributed by atoms with Crippen LogP contribution in [0.4, 0.5) is 0 Å². The highest BCUT2D eigenvalue weighted by molar-refractivity contribution is 7.99. The summed E-state index contributed by atoms with van der Waals surface area (Å²) >= 11 is 3.08. The maximum atomic E-state index is 5.63. The third kappa shape index (κ3) is 4.02. The molecule has 19 heavy (non-hydrogen) atoms. The van der Waals surface area contributed by atoms with Crippen LogP contribution in [0.2, 0.25) is 0 Å². The number of rotatable bonds is 6. The van der Waals surface area contributed by atoms with Gasteiger partial charge >= 0.3 is 0 Å². The van der Waals surface area contributed by atoms with Gasteiger partial charge in [-0.15, -0.1) is 21.5 Å². The molecule has 0 spiro atoms. The van der Waals surface area contributed by atoms with Gasteiger partial charge in [0.25, 0.3) is 11.1 Å². The number of hydrogen-bond acceptors (Lipinski definition) is 7.